The topological polar surface area (TPSA) is 52.9 Å². The van der Waals surface area contributed by atoms with E-state index < -0.39 is 0 Å². The van der Waals surface area contributed by atoms with Gasteiger partial charge in [-0.25, -0.2) is 0 Å². The van der Waals surface area contributed by atoms with Crippen LogP contribution in [-0.2, 0) is 4.79 Å². The van der Waals surface area contributed by atoms with E-state index in [4.69, 9.17) is 5.26 Å². The summed E-state index contributed by atoms with van der Waals surface area (Å²) >= 11 is 3.25. The van der Waals surface area contributed by atoms with E-state index in [1.165, 1.54) is 0 Å². The van der Waals surface area contributed by atoms with Gasteiger partial charge in [-0.05, 0) is 18.1 Å². The molecule has 0 aliphatic carbocycles. The maximum absolute atomic E-state index is 11.8. The number of hydrogen-bond acceptors (Lipinski definition) is 4. The molecule has 0 radical (unpaired) electrons. The van der Waals surface area contributed by atoms with Crippen molar-refractivity contribution in [2.24, 2.45) is 5.92 Å². The van der Waals surface area contributed by atoms with Crippen molar-refractivity contribution in [2.45, 2.75) is 39.0 Å². The van der Waals surface area contributed by atoms with Crippen molar-refractivity contribution in [2.75, 3.05) is 5.75 Å². The molecule has 1 atom stereocenters. The zero-order valence-electron chi connectivity index (χ0n) is 10.4. The Morgan fingerprint density at radius 3 is 2.82 bits per heavy atom. The van der Waals surface area contributed by atoms with Gasteiger partial charge in [0.15, 0.2) is 0 Å². The van der Waals surface area contributed by atoms with Crippen LogP contribution in [0.1, 0.15) is 33.6 Å². The average Bonchev–Trinajstić information content (AvgIpc) is 2.28. The summed E-state index contributed by atoms with van der Waals surface area (Å²) in [6.45, 7) is 6.28. The van der Waals surface area contributed by atoms with E-state index in [1.54, 1.807) is 23.5 Å². The first-order valence-corrected chi connectivity index (χ1v) is 7.71. The molecule has 0 saturated carbocycles. The first-order chi connectivity index (χ1) is 8.10. The first-order valence-electron chi connectivity index (χ1n) is 5.84. The number of thioether (sulfide) groups is 2. The molecule has 3 nitrogen and oxygen atoms in total. The Bertz CT molecular complexity index is 358. The molecule has 5 heteroatoms. The van der Waals surface area contributed by atoms with Gasteiger partial charge < -0.3 is 5.32 Å². The Kier molecular flexibility index (Phi) is 5.93. The summed E-state index contributed by atoms with van der Waals surface area (Å²) in [6, 6.07) is 2.02. The van der Waals surface area contributed by atoms with Gasteiger partial charge in [0, 0.05) is 0 Å². The SMILES string of the molecule is CCCCSC1=C(C#N)C(=O)NC(C(C)C)S1. The van der Waals surface area contributed by atoms with Crippen LogP contribution in [0.15, 0.2) is 9.81 Å². The van der Waals surface area contributed by atoms with Crippen LogP contribution < -0.4 is 5.32 Å². The van der Waals surface area contributed by atoms with Crippen molar-refractivity contribution in [1.82, 2.24) is 5.32 Å². The van der Waals surface area contributed by atoms with Gasteiger partial charge >= 0.3 is 0 Å². The van der Waals surface area contributed by atoms with Gasteiger partial charge in [0.1, 0.15) is 11.6 Å². The molecular weight excluding hydrogens is 252 g/mol. The Hall–Kier alpha value is -0.600. The largest absolute Gasteiger partial charge is 0.339 e. The van der Waals surface area contributed by atoms with Gasteiger partial charge in [-0.3, -0.25) is 4.79 Å². The molecule has 94 valence electrons. The van der Waals surface area contributed by atoms with Crippen molar-refractivity contribution in [3.05, 3.63) is 9.81 Å². The summed E-state index contributed by atoms with van der Waals surface area (Å²) in [6.07, 6.45) is 2.24. The Balaban J connectivity index is 2.78. The summed E-state index contributed by atoms with van der Waals surface area (Å²) in [5.74, 6) is 1.12. The lowest BCUT2D eigenvalue weighted by molar-refractivity contribution is -0.117. The second-order valence-corrected chi connectivity index (χ2v) is 6.75. The molecule has 1 unspecified atom stereocenters. The highest BCUT2D eigenvalue weighted by Crippen LogP contribution is 2.39. The highest BCUT2D eigenvalue weighted by Gasteiger charge is 2.29. The summed E-state index contributed by atoms with van der Waals surface area (Å²) in [5, 5.41) is 12.0. The third-order valence-corrected chi connectivity index (χ3v) is 5.32. The van der Waals surface area contributed by atoms with Crippen LogP contribution in [0.4, 0.5) is 0 Å². The maximum atomic E-state index is 11.8. The Morgan fingerprint density at radius 1 is 1.59 bits per heavy atom. The van der Waals surface area contributed by atoms with Crippen molar-refractivity contribution in [3.8, 4) is 6.07 Å². The Morgan fingerprint density at radius 2 is 2.29 bits per heavy atom. The standard InChI is InChI=1S/C12H18N2OS2/c1-4-5-6-16-12-9(7-13)10(15)14-11(17-12)8(2)3/h8,11H,4-6H2,1-3H3,(H,14,15). The molecule has 0 aromatic carbocycles. The molecule has 0 fully saturated rings. The van der Waals surface area contributed by atoms with Crippen LogP contribution in [0.25, 0.3) is 0 Å². The van der Waals surface area contributed by atoms with Crippen molar-refractivity contribution in [1.29, 1.82) is 5.26 Å². The van der Waals surface area contributed by atoms with Gasteiger partial charge in [0.25, 0.3) is 5.91 Å². The van der Waals surface area contributed by atoms with Crippen LogP contribution in [0.2, 0.25) is 0 Å². The highest BCUT2D eigenvalue weighted by molar-refractivity contribution is 8.22. The maximum Gasteiger partial charge on any atom is 0.264 e. The molecule has 1 aliphatic rings. The van der Waals surface area contributed by atoms with Crippen molar-refractivity contribution >= 4 is 29.4 Å². The predicted molar refractivity (Wildman–Crippen MR) is 74.4 cm³/mol. The molecule has 1 N–H and O–H groups in total. The van der Waals surface area contributed by atoms with E-state index in [2.05, 4.69) is 26.1 Å². The fraction of sp³-hybridized carbons (Fsp3) is 0.667. The lowest BCUT2D eigenvalue weighted by Gasteiger charge is -2.27. The minimum Gasteiger partial charge on any atom is -0.339 e. The average molecular weight is 270 g/mol. The lowest BCUT2D eigenvalue weighted by Crippen LogP contribution is -2.40. The molecule has 0 aromatic rings. The molecule has 0 saturated heterocycles. The van der Waals surface area contributed by atoms with Gasteiger partial charge in [-0.15, -0.1) is 11.8 Å². The third kappa shape index (κ3) is 3.97. The van der Waals surface area contributed by atoms with Gasteiger partial charge in [-0.1, -0.05) is 39.0 Å². The summed E-state index contributed by atoms with van der Waals surface area (Å²) in [7, 11) is 0. The van der Waals surface area contributed by atoms with E-state index in [0.29, 0.717) is 5.92 Å². The number of unbranched alkanes of at least 4 members (excludes halogenated alkanes) is 1. The quantitative estimate of drug-likeness (QED) is 0.780. The zero-order chi connectivity index (χ0) is 12.8. The third-order valence-electron chi connectivity index (χ3n) is 2.39. The van der Waals surface area contributed by atoms with E-state index in [1.807, 2.05) is 6.07 Å². The second kappa shape index (κ2) is 6.97. The van der Waals surface area contributed by atoms with Crippen molar-refractivity contribution in [3.63, 3.8) is 0 Å². The normalized spacial score (nSPS) is 20.4. The molecule has 0 aromatic heterocycles. The number of amides is 1. The van der Waals surface area contributed by atoms with Gasteiger partial charge in [0.05, 0.1) is 9.61 Å². The van der Waals surface area contributed by atoms with E-state index in [-0.39, 0.29) is 16.9 Å². The van der Waals surface area contributed by atoms with Gasteiger partial charge in [-0.2, -0.15) is 5.26 Å². The molecule has 1 rings (SSSR count). The van der Waals surface area contributed by atoms with Gasteiger partial charge in [0.2, 0.25) is 0 Å². The van der Waals surface area contributed by atoms with Crippen LogP contribution >= 0.6 is 23.5 Å². The van der Waals surface area contributed by atoms with E-state index >= 15 is 0 Å². The summed E-state index contributed by atoms with van der Waals surface area (Å²) < 4.78 is 0.892. The number of carbonyl (C=O) groups is 1. The minimum absolute atomic E-state index is 0.0868. The Labute approximate surface area is 111 Å². The number of rotatable bonds is 5. The fourth-order valence-corrected chi connectivity index (χ4v) is 3.97. The minimum atomic E-state index is -0.219. The van der Waals surface area contributed by atoms with E-state index in [0.717, 1.165) is 22.8 Å². The highest BCUT2D eigenvalue weighted by atomic mass is 32.2. The van der Waals surface area contributed by atoms with Crippen LogP contribution in [-0.4, -0.2) is 17.0 Å². The molecule has 1 aliphatic heterocycles. The first kappa shape index (κ1) is 14.5. The van der Waals surface area contributed by atoms with Crippen LogP contribution in [0, 0.1) is 17.2 Å². The lowest BCUT2D eigenvalue weighted by atomic mass is 10.2. The summed E-state index contributed by atoms with van der Waals surface area (Å²) in [4.78, 5) is 11.8. The second-order valence-electron chi connectivity index (χ2n) is 4.23. The van der Waals surface area contributed by atoms with E-state index in [9.17, 15) is 4.79 Å². The zero-order valence-corrected chi connectivity index (χ0v) is 12.1. The summed E-state index contributed by atoms with van der Waals surface area (Å²) in [5.41, 5.74) is 0.285. The number of hydrogen-bond donors (Lipinski definition) is 1. The van der Waals surface area contributed by atoms with Crippen LogP contribution in [0.5, 0.6) is 0 Å². The number of carbonyl (C=O) groups excluding carboxylic acids is 1. The molecule has 17 heavy (non-hydrogen) atoms. The molecule has 0 spiro atoms. The molecule has 0 bridgehead atoms. The number of nitriles is 1. The molecule has 1 heterocycles. The van der Waals surface area contributed by atoms with Crippen LogP contribution in [0.3, 0.4) is 0 Å². The number of nitrogens with zero attached hydrogens (tertiary/aromatic N) is 1. The fourth-order valence-electron chi connectivity index (χ4n) is 1.31. The molecule has 1 amide bonds. The smallest absolute Gasteiger partial charge is 0.264 e. The van der Waals surface area contributed by atoms with Crippen molar-refractivity contribution < 1.29 is 4.79 Å². The predicted octanol–water partition coefficient (Wildman–Crippen LogP) is 3.10. The monoisotopic (exact) mass is 270 g/mol. The number of nitrogens with one attached hydrogen (secondary N) is 1. The molecular formula is C12H18N2OS2.